The highest BCUT2D eigenvalue weighted by atomic mass is 19.1. The van der Waals surface area contributed by atoms with Crippen LogP contribution < -0.4 is 0 Å². The molecule has 1 atom stereocenters. The number of ether oxygens (including phenoxy) is 1. The number of nitrogens with zero attached hydrogens (tertiary/aromatic N) is 2. The number of likely N-dealkylation sites (tertiary alicyclic amines) is 1. The largest absolute Gasteiger partial charge is 0.480 e. The fourth-order valence-electron chi connectivity index (χ4n) is 3.76. The SMILES string of the molecule is CCCN1CCC2(CC1)OCC(C(=O)O)N2C(=O)c1cccc(F)c1. The minimum atomic E-state index is -1.10. The van der Waals surface area contributed by atoms with E-state index < -0.39 is 29.5 Å². The Kier molecular flexibility index (Phi) is 5.06. The molecule has 25 heavy (non-hydrogen) atoms. The van der Waals surface area contributed by atoms with Crippen LogP contribution in [-0.2, 0) is 9.53 Å². The molecule has 2 saturated heterocycles. The molecule has 0 bridgehead atoms. The number of benzene rings is 1. The molecule has 1 aromatic carbocycles. The highest BCUT2D eigenvalue weighted by molar-refractivity contribution is 5.97. The minimum absolute atomic E-state index is 0.0375. The Balaban J connectivity index is 1.88. The third kappa shape index (κ3) is 3.39. The summed E-state index contributed by atoms with van der Waals surface area (Å²) in [6.45, 7) is 4.53. The molecule has 6 nitrogen and oxygen atoms in total. The number of hydrogen-bond acceptors (Lipinski definition) is 4. The van der Waals surface area contributed by atoms with Gasteiger partial charge in [0.05, 0.1) is 6.61 Å². The number of carbonyl (C=O) groups is 2. The van der Waals surface area contributed by atoms with Gasteiger partial charge in [-0.15, -0.1) is 0 Å². The second-order valence-electron chi connectivity index (χ2n) is 6.64. The molecule has 2 fully saturated rings. The van der Waals surface area contributed by atoms with Gasteiger partial charge in [-0.3, -0.25) is 9.69 Å². The van der Waals surface area contributed by atoms with Crippen LogP contribution in [0.4, 0.5) is 4.39 Å². The molecule has 1 unspecified atom stereocenters. The summed E-state index contributed by atoms with van der Waals surface area (Å²) in [5.74, 6) is -2.12. The molecule has 7 heteroatoms. The van der Waals surface area contributed by atoms with Crippen LogP contribution in [0.2, 0.25) is 0 Å². The van der Waals surface area contributed by atoms with Crippen molar-refractivity contribution in [2.75, 3.05) is 26.2 Å². The lowest BCUT2D eigenvalue weighted by Crippen LogP contribution is -2.58. The van der Waals surface area contributed by atoms with E-state index in [0.29, 0.717) is 12.8 Å². The van der Waals surface area contributed by atoms with Gasteiger partial charge in [0, 0.05) is 31.5 Å². The van der Waals surface area contributed by atoms with E-state index in [2.05, 4.69) is 11.8 Å². The van der Waals surface area contributed by atoms with Crippen LogP contribution in [0.15, 0.2) is 24.3 Å². The van der Waals surface area contributed by atoms with Gasteiger partial charge in [0.15, 0.2) is 6.04 Å². The number of piperidine rings is 1. The number of carbonyl (C=O) groups excluding carboxylic acids is 1. The van der Waals surface area contributed by atoms with E-state index in [1.807, 2.05) is 0 Å². The van der Waals surface area contributed by atoms with Gasteiger partial charge in [-0.05, 0) is 31.2 Å². The van der Waals surface area contributed by atoms with E-state index in [-0.39, 0.29) is 12.2 Å². The molecule has 2 aliphatic rings. The quantitative estimate of drug-likeness (QED) is 0.899. The zero-order chi connectivity index (χ0) is 18.0. The monoisotopic (exact) mass is 350 g/mol. The van der Waals surface area contributed by atoms with Gasteiger partial charge in [-0.25, -0.2) is 9.18 Å². The summed E-state index contributed by atoms with van der Waals surface area (Å²) in [6, 6.07) is 4.30. The first-order chi connectivity index (χ1) is 12.0. The molecule has 0 aromatic heterocycles. The van der Waals surface area contributed by atoms with Crippen LogP contribution in [-0.4, -0.2) is 64.8 Å². The van der Waals surface area contributed by atoms with Crippen LogP contribution in [0.1, 0.15) is 36.5 Å². The topological polar surface area (TPSA) is 70.1 Å². The first-order valence-corrected chi connectivity index (χ1v) is 8.65. The lowest BCUT2D eigenvalue weighted by atomic mass is 9.96. The Bertz CT molecular complexity index is 658. The standard InChI is InChI=1S/C18H23FN2O4/c1-2-8-20-9-6-18(7-10-20)21(15(12-25-18)17(23)24)16(22)13-4-3-5-14(19)11-13/h3-5,11,15H,2,6-10,12H2,1H3,(H,23,24). The van der Waals surface area contributed by atoms with Gasteiger partial charge < -0.3 is 14.7 Å². The maximum absolute atomic E-state index is 13.5. The summed E-state index contributed by atoms with van der Waals surface area (Å²) >= 11 is 0. The molecular formula is C18H23FN2O4. The molecule has 136 valence electrons. The first-order valence-electron chi connectivity index (χ1n) is 8.65. The highest BCUT2D eigenvalue weighted by Crippen LogP contribution is 2.38. The predicted molar refractivity (Wildman–Crippen MR) is 88.6 cm³/mol. The predicted octanol–water partition coefficient (Wildman–Crippen LogP) is 1.95. The average molecular weight is 350 g/mol. The second-order valence-corrected chi connectivity index (χ2v) is 6.64. The van der Waals surface area contributed by atoms with Gasteiger partial charge in [-0.1, -0.05) is 13.0 Å². The third-order valence-electron chi connectivity index (χ3n) is 5.01. The van der Waals surface area contributed by atoms with Crippen molar-refractivity contribution in [2.45, 2.75) is 38.0 Å². The Labute approximate surface area is 146 Å². The third-order valence-corrected chi connectivity index (χ3v) is 5.01. The van der Waals surface area contributed by atoms with E-state index >= 15 is 0 Å². The summed E-state index contributed by atoms with van der Waals surface area (Å²) in [6.07, 6.45) is 2.15. The molecule has 1 aromatic rings. The van der Waals surface area contributed by atoms with Crippen molar-refractivity contribution in [3.8, 4) is 0 Å². The van der Waals surface area contributed by atoms with Crippen molar-refractivity contribution < 1.29 is 23.8 Å². The molecule has 0 radical (unpaired) electrons. The fraction of sp³-hybridized carbons (Fsp3) is 0.556. The number of hydrogen-bond donors (Lipinski definition) is 1. The van der Waals surface area contributed by atoms with E-state index in [1.54, 1.807) is 0 Å². The van der Waals surface area contributed by atoms with E-state index in [1.165, 1.54) is 23.1 Å². The zero-order valence-corrected chi connectivity index (χ0v) is 14.3. The lowest BCUT2D eigenvalue weighted by Gasteiger charge is -2.44. The second kappa shape index (κ2) is 7.09. The van der Waals surface area contributed by atoms with Gasteiger partial charge >= 0.3 is 5.97 Å². The van der Waals surface area contributed by atoms with Gasteiger partial charge in [0.1, 0.15) is 11.5 Å². The average Bonchev–Trinajstić information content (AvgIpc) is 2.96. The molecule has 0 aliphatic carbocycles. The lowest BCUT2D eigenvalue weighted by molar-refractivity contribution is -0.143. The summed E-state index contributed by atoms with van der Waals surface area (Å²) in [5, 5.41) is 9.53. The van der Waals surface area contributed by atoms with E-state index in [0.717, 1.165) is 32.1 Å². The molecule has 0 saturated carbocycles. The highest BCUT2D eigenvalue weighted by Gasteiger charge is 2.53. The van der Waals surface area contributed by atoms with Crippen LogP contribution in [0.5, 0.6) is 0 Å². The van der Waals surface area contributed by atoms with Gasteiger partial charge in [-0.2, -0.15) is 0 Å². The van der Waals surface area contributed by atoms with Crippen LogP contribution >= 0.6 is 0 Å². The maximum atomic E-state index is 13.5. The summed E-state index contributed by atoms with van der Waals surface area (Å²) in [7, 11) is 0. The number of carboxylic acid groups (broad SMARTS) is 1. The summed E-state index contributed by atoms with van der Waals surface area (Å²) in [5.41, 5.74) is -0.774. The fourth-order valence-corrected chi connectivity index (χ4v) is 3.76. The van der Waals surface area contributed by atoms with Crippen molar-refractivity contribution in [2.24, 2.45) is 0 Å². The summed E-state index contributed by atoms with van der Waals surface area (Å²) in [4.78, 5) is 28.3. The van der Waals surface area contributed by atoms with Crippen molar-refractivity contribution in [1.82, 2.24) is 9.80 Å². The molecule has 1 N–H and O–H groups in total. The first kappa shape index (κ1) is 17.8. The van der Waals surface area contributed by atoms with Crippen molar-refractivity contribution in [3.05, 3.63) is 35.6 Å². The number of aliphatic carboxylic acids is 1. The Morgan fingerprint density at radius 3 is 2.68 bits per heavy atom. The molecule has 1 amide bonds. The normalized spacial score (nSPS) is 23.1. The van der Waals surface area contributed by atoms with Crippen LogP contribution in [0, 0.1) is 5.82 Å². The number of rotatable bonds is 4. The molecule has 2 heterocycles. The minimum Gasteiger partial charge on any atom is -0.480 e. The summed E-state index contributed by atoms with van der Waals surface area (Å²) < 4.78 is 19.4. The van der Waals surface area contributed by atoms with E-state index in [9.17, 15) is 19.1 Å². The van der Waals surface area contributed by atoms with Crippen molar-refractivity contribution in [3.63, 3.8) is 0 Å². The van der Waals surface area contributed by atoms with Crippen LogP contribution in [0.3, 0.4) is 0 Å². The molecule has 2 aliphatic heterocycles. The van der Waals surface area contributed by atoms with E-state index in [4.69, 9.17) is 4.74 Å². The van der Waals surface area contributed by atoms with Gasteiger partial charge in [0.2, 0.25) is 0 Å². The zero-order valence-electron chi connectivity index (χ0n) is 14.3. The Morgan fingerprint density at radius 1 is 1.36 bits per heavy atom. The maximum Gasteiger partial charge on any atom is 0.328 e. The van der Waals surface area contributed by atoms with Crippen molar-refractivity contribution >= 4 is 11.9 Å². The smallest absolute Gasteiger partial charge is 0.328 e. The Morgan fingerprint density at radius 2 is 2.08 bits per heavy atom. The molecule has 3 rings (SSSR count). The molecule has 1 spiro atoms. The molecular weight excluding hydrogens is 327 g/mol. The van der Waals surface area contributed by atoms with Crippen LogP contribution in [0.25, 0.3) is 0 Å². The Hall–Kier alpha value is -1.99. The number of halogens is 1. The number of carboxylic acids is 1. The van der Waals surface area contributed by atoms with Gasteiger partial charge in [0.25, 0.3) is 5.91 Å². The van der Waals surface area contributed by atoms with Crippen molar-refractivity contribution in [1.29, 1.82) is 0 Å². The number of amides is 1.